The van der Waals surface area contributed by atoms with Crippen molar-refractivity contribution in [3.8, 4) is 0 Å². The molecule has 21 heavy (non-hydrogen) atoms. The van der Waals surface area contributed by atoms with E-state index in [-0.39, 0.29) is 18.2 Å². The standard InChI is InChI=1S/C16H20ClNO3/c1-11(2)16(15(20)21)7-8-18(10-16)14(19)9-12-3-5-13(17)6-4-12/h3-6,11H,7-10H2,1-2H3,(H,20,21). The molecule has 2 rings (SSSR count). The van der Waals surface area contributed by atoms with Gasteiger partial charge in [-0.2, -0.15) is 0 Å². The number of hydrogen-bond acceptors (Lipinski definition) is 2. The molecule has 0 saturated carbocycles. The highest BCUT2D eigenvalue weighted by molar-refractivity contribution is 6.30. The molecule has 1 saturated heterocycles. The molecule has 114 valence electrons. The minimum atomic E-state index is -0.810. The minimum absolute atomic E-state index is 0.00309. The molecular formula is C16H20ClNO3. The van der Waals surface area contributed by atoms with Crippen molar-refractivity contribution in [1.29, 1.82) is 0 Å². The lowest BCUT2D eigenvalue weighted by atomic mass is 9.76. The average molecular weight is 310 g/mol. The Labute approximate surface area is 129 Å². The maximum absolute atomic E-state index is 12.3. The zero-order chi connectivity index (χ0) is 15.6. The summed E-state index contributed by atoms with van der Waals surface area (Å²) in [6, 6.07) is 7.15. The van der Waals surface area contributed by atoms with Crippen LogP contribution in [0.15, 0.2) is 24.3 Å². The molecule has 1 aromatic carbocycles. The molecular weight excluding hydrogens is 290 g/mol. The third-order valence-corrected chi connectivity index (χ3v) is 4.71. The topological polar surface area (TPSA) is 57.6 Å². The van der Waals surface area contributed by atoms with Crippen LogP contribution >= 0.6 is 11.6 Å². The van der Waals surface area contributed by atoms with Crippen molar-refractivity contribution < 1.29 is 14.7 Å². The van der Waals surface area contributed by atoms with Gasteiger partial charge in [-0.1, -0.05) is 37.6 Å². The third-order valence-electron chi connectivity index (χ3n) is 4.45. The lowest BCUT2D eigenvalue weighted by Gasteiger charge is -2.28. The second-order valence-electron chi connectivity index (χ2n) is 5.98. The zero-order valence-electron chi connectivity index (χ0n) is 12.3. The summed E-state index contributed by atoms with van der Waals surface area (Å²) in [5.41, 5.74) is 0.0807. The van der Waals surface area contributed by atoms with E-state index in [1.54, 1.807) is 17.0 Å². The van der Waals surface area contributed by atoms with Gasteiger partial charge in [0.15, 0.2) is 0 Å². The number of carbonyl (C=O) groups is 2. The van der Waals surface area contributed by atoms with Gasteiger partial charge in [0.1, 0.15) is 0 Å². The number of carbonyl (C=O) groups excluding carboxylic acids is 1. The molecule has 1 heterocycles. The van der Waals surface area contributed by atoms with E-state index in [2.05, 4.69) is 0 Å². The molecule has 0 aliphatic carbocycles. The van der Waals surface area contributed by atoms with Crippen LogP contribution in [0, 0.1) is 11.3 Å². The number of benzene rings is 1. The number of nitrogens with zero attached hydrogens (tertiary/aromatic N) is 1. The second kappa shape index (κ2) is 6.06. The van der Waals surface area contributed by atoms with E-state index in [1.165, 1.54) is 0 Å². The van der Waals surface area contributed by atoms with E-state index in [0.29, 0.717) is 24.5 Å². The molecule has 1 atom stereocenters. The van der Waals surface area contributed by atoms with Gasteiger partial charge in [0.2, 0.25) is 5.91 Å². The van der Waals surface area contributed by atoms with Crippen molar-refractivity contribution in [3.05, 3.63) is 34.9 Å². The normalized spacial score (nSPS) is 21.8. The minimum Gasteiger partial charge on any atom is -0.481 e. The summed E-state index contributed by atoms with van der Waals surface area (Å²) in [4.78, 5) is 25.6. The SMILES string of the molecule is CC(C)C1(C(=O)O)CCN(C(=O)Cc2ccc(Cl)cc2)C1. The zero-order valence-corrected chi connectivity index (χ0v) is 13.1. The summed E-state index contributed by atoms with van der Waals surface area (Å²) in [6.07, 6.45) is 0.803. The van der Waals surface area contributed by atoms with E-state index in [1.807, 2.05) is 26.0 Å². The Morgan fingerprint density at radius 2 is 1.95 bits per heavy atom. The fourth-order valence-corrected chi connectivity index (χ4v) is 2.95. The molecule has 1 N–H and O–H groups in total. The van der Waals surface area contributed by atoms with Crippen molar-refractivity contribution in [3.63, 3.8) is 0 Å². The molecule has 1 aliphatic rings. The Balaban J connectivity index is 2.05. The van der Waals surface area contributed by atoms with Crippen LogP contribution in [-0.2, 0) is 16.0 Å². The van der Waals surface area contributed by atoms with Crippen LogP contribution in [0.2, 0.25) is 5.02 Å². The Morgan fingerprint density at radius 3 is 2.43 bits per heavy atom. The first kappa shape index (κ1) is 15.8. The predicted molar refractivity (Wildman–Crippen MR) is 81.3 cm³/mol. The van der Waals surface area contributed by atoms with E-state index < -0.39 is 11.4 Å². The summed E-state index contributed by atoms with van der Waals surface area (Å²) >= 11 is 5.82. The molecule has 1 aromatic rings. The number of carboxylic acid groups (broad SMARTS) is 1. The van der Waals surface area contributed by atoms with Crippen molar-refractivity contribution in [2.75, 3.05) is 13.1 Å². The molecule has 0 aromatic heterocycles. The fraction of sp³-hybridized carbons (Fsp3) is 0.500. The van der Waals surface area contributed by atoms with Gasteiger partial charge in [-0.05, 0) is 30.0 Å². The largest absolute Gasteiger partial charge is 0.481 e. The average Bonchev–Trinajstić information content (AvgIpc) is 2.88. The number of rotatable bonds is 4. The Hall–Kier alpha value is -1.55. The van der Waals surface area contributed by atoms with Crippen molar-refractivity contribution in [2.45, 2.75) is 26.7 Å². The highest BCUT2D eigenvalue weighted by Gasteiger charge is 2.48. The molecule has 4 nitrogen and oxygen atoms in total. The van der Waals surface area contributed by atoms with Crippen LogP contribution in [0.25, 0.3) is 0 Å². The van der Waals surface area contributed by atoms with Gasteiger partial charge in [-0.15, -0.1) is 0 Å². The number of hydrogen-bond donors (Lipinski definition) is 1. The monoisotopic (exact) mass is 309 g/mol. The van der Waals surface area contributed by atoms with Crippen LogP contribution in [0.1, 0.15) is 25.8 Å². The maximum atomic E-state index is 12.3. The molecule has 0 radical (unpaired) electrons. The smallest absolute Gasteiger partial charge is 0.311 e. The summed E-state index contributed by atoms with van der Waals surface area (Å²) in [5, 5.41) is 10.1. The van der Waals surface area contributed by atoms with Gasteiger partial charge in [0.25, 0.3) is 0 Å². The van der Waals surface area contributed by atoms with Crippen LogP contribution in [0.4, 0.5) is 0 Å². The molecule has 0 spiro atoms. The first-order valence-corrected chi connectivity index (χ1v) is 7.48. The highest BCUT2D eigenvalue weighted by atomic mass is 35.5. The molecule has 1 amide bonds. The van der Waals surface area contributed by atoms with E-state index in [4.69, 9.17) is 11.6 Å². The number of halogens is 1. The van der Waals surface area contributed by atoms with Crippen LogP contribution in [-0.4, -0.2) is 35.0 Å². The van der Waals surface area contributed by atoms with E-state index in [0.717, 1.165) is 5.56 Å². The second-order valence-corrected chi connectivity index (χ2v) is 6.42. The van der Waals surface area contributed by atoms with Gasteiger partial charge >= 0.3 is 5.97 Å². The summed E-state index contributed by atoms with van der Waals surface area (Å²) < 4.78 is 0. The number of likely N-dealkylation sites (tertiary alicyclic amines) is 1. The van der Waals surface area contributed by atoms with Gasteiger partial charge in [0, 0.05) is 18.1 Å². The molecule has 5 heteroatoms. The Kier molecular flexibility index (Phi) is 4.57. The van der Waals surface area contributed by atoms with Gasteiger partial charge < -0.3 is 10.0 Å². The lowest BCUT2D eigenvalue weighted by molar-refractivity contribution is -0.151. The van der Waals surface area contributed by atoms with Crippen molar-refractivity contribution in [1.82, 2.24) is 4.90 Å². The van der Waals surface area contributed by atoms with Crippen LogP contribution in [0.5, 0.6) is 0 Å². The van der Waals surface area contributed by atoms with E-state index in [9.17, 15) is 14.7 Å². The van der Waals surface area contributed by atoms with E-state index >= 15 is 0 Å². The predicted octanol–water partition coefficient (Wildman–Crippen LogP) is 2.84. The first-order valence-electron chi connectivity index (χ1n) is 7.11. The molecule has 1 unspecified atom stereocenters. The van der Waals surface area contributed by atoms with Gasteiger partial charge in [0.05, 0.1) is 11.8 Å². The maximum Gasteiger partial charge on any atom is 0.311 e. The lowest BCUT2D eigenvalue weighted by Crippen LogP contribution is -2.41. The summed E-state index contributed by atoms with van der Waals surface area (Å²) in [7, 11) is 0. The number of carboxylic acids is 1. The molecule has 1 aliphatic heterocycles. The summed E-state index contributed by atoms with van der Waals surface area (Å²) in [5.74, 6) is -0.830. The number of aliphatic carboxylic acids is 1. The summed E-state index contributed by atoms with van der Waals surface area (Å²) in [6.45, 7) is 4.62. The molecule has 0 bridgehead atoms. The van der Waals surface area contributed by atoms with Crippen molar-refractivity contribution >= 4 is 23.5 Å². The third kappa shape index (κ3) is 3.21. The highest BCUT2D eigenvalue weighted by Crippen LogP contribution is 2.38. The fourth-order valence-electron chi connectivity index (χ4n) is 2.83. The van der Waals surface area contributed by atoms with Crippen LogP contribution < -0.4 is 0 Å². The van der Waals surface area contributed by atoms with Gasteiger partial charge in [-0.25, -0.2) is 0 Å². The first-order chi connectivity index (χ1) is 9.85. The van der Waals surface area contributed by atoms with Gasteiger partial charge in [-0.3, -0.25) is 9.59 Å². The van der Waals surface area contributed by atoms with Crippen LogP contribution in [0.3, 0.4) is 0 Å². The Morgan fingerprint density at radius 1 is 1.33 bits per heavy atom. The molecule has 1 fully saturated rings. The quantitative estimate of drug-likeness (QED) is 0.930. The number of amides is 1. The van der Waals surface area contributed by atoms with Crippen molar-refractivity contribution in [2.24, 2.45) is 11.3 Å². The Bertz CT molecular complexity index is 541.